The lowest BCUT2D eigenvalue weighted by molar-refractivity contribution is -0.120. The van der Waals surface area contributed by atoms with Gasteiger partial charge in [0.15, 0.2) is 22.5 Å². The van der Waals surface area contributed by atoms with Crippen LogP contribution in [0.5, 0.6) is 11.5 Å². The molecule has 3 aromatic rings. The fourth-order valence-corrected chi connectivity index (χ4v) is 3.95. The number of ether oxygens (including phenoxy) is 2. The number of fused-ring (bicyclic) bond motifs is 1. The number of amides is 1. The van der Waals surface area contributed by atoms with Crippen LogP contribution in [0.3, 0.4) is 0 Å². The fourth-order valence-electron chi connectivity index (χ4n) is 3.07. The maximum Gasteiger partial charge on any atom is 0.233 e. The Kier molecular flexibility index (Phi) is 6.04. The third-order valence-corrected chi connectivity index (χ3v) is 5.70. The van der Waals surface area contributed by atoms with Crippen molar-refractivity contribution in [1.29, 1.82) is 0 Å². The largest absolute Gasteiger partial charge is 0.454 e. The van der Waals surface area contributed by atoms with Crippen molar-refractivity contribution < 1.29 is 14.3 Å². The van der Waals surface area contributed by atoms with E-state index in [4.69, 9.17) is 9.47 Å². The van der Waals surface area contributed by atoms with Gasteiger partial charge in [-0.2, -0.15) is 0 Å². The van der Waals surface area contributed by atoms with Crippen LogP contribution < -0.4 is 14.8 Å². The van der Waals surface area contributed by atoms with Gasteiger partial charge in [0.25, 0.3) is 0 Å². The van der Waals surface area contributed by atoms with Gasteiger partial charge in [-0.15, -0.1) is 16.8 Å². The monoisotopic (exact) mass is 422 g/mol. The highest BCUT2D eigenvalue weighted by Crippen LogP contribution is 2.32. The van der Waals surface area contributed by atoms with Gasteiger partial charge in [-0.25, -0.2) is 0 Å². The highest BCUT2D eigenvalue weighted by Gasteiger charge is 2.21. The molecular formula is C22H22N4O3S. The quantitative estimate of drug-likeness (QED) is 0.441. The molecule has 154 valence electrons. The van der Waals surface area contributed by atoms with Crippen molar-refractivity contribution in [2.24, 2.45) is 0 Å². The van der Waals surface area contributed by atoms with E-state index in [1.807, 2.05) is 60.0 Å². The summed E-state index contributed by atoms with van der Waals surface area (Å²) in [5.41, 5.74) is 1.92. The Bertz CT molecular complexity index is 1050. The zero-order valence-electron chi connectivity index (χ0n) is 16.6. The van der Waals surface area contributed by atoms with Crippen LogP contribution in [0.15, 0.2) is 66.3 Å². The normalized spacial score (nSPS) is 13.1. The van der Waals surface area contributed by atoms with Gasteiger partial charge in [-0.05, 0) is 24.6 Å². The molecule has 0 fully saturated rings. The van der Waals surface area contributed by atoms with E-state index in [1.165, 1.54) is 11.8 Å². The molecule has 0 radical (unpaired) electrons. The van der Waals surface area contributed by atoms with Gasteiger partial charge in [0.05, 0.1) is 5.25 Å². The molecule has 0 saturated carbocycles. The molecule has 2 heterocycles. The van der Waals surface area contributed by atoms with Crippen LogP contribution in [0.1, 0.15) is 12.5 Å². The number of allylic oxidation sites excluding steroid dienone is 1. The first-order valence-corrected chi connectivity index (χ1v) is 10.5. The zero-order valence-corrected chi connectivity index (χ0v) is 17.4. The summed E-state index contributed by atoms with van der Waals surface area (Å²) >= 11 is 1.37. The number of nitrogens with zero attached hydrogens (tertiary/aromatic N) is 3. The maximum absolute atomic E-state index is 12.6. The molecule has 1 aliphatic heterocycles. The van der Waals surface area contributed by atoms with E-state index in [-0.39, 0.29) is 18.0 Å². The van der Waals surface area contributed by atoms with E-state index in [1.54, 1.807) is 6.08 Å². The molecule has 1 unspecified atom stereocenters. The Hall–Kier alpha value is -3.26. The second kappa shape index (κ2) is 9.04. The Balaban J connectivity index is 1.41. The molecule has 1 N–H and O–H groups in total. The summed E-state index contributed by atoms with van der Waals surface area (Å²) in [6, 6.07) is 15.5. The first-order chi connectivity index (χ1) is 14.7. The molecule has 1 amide bonds. The van der Waals surface area contributed by atoms with E-state index in [0.29, 0.717) is 24.0 Å². The van der Waals surface area contributed by atoms with Crippen LogP contribution in [-0.4, -0.2) is 32.7 Å². The molecule has 1 aliphatic rings. The molecule has 30 heavy (non-hydrogen) atoms. The van der Waals surface area contributed by atoms with E-state index < -0.39 is 0 Å². The lowest BCUT2D eigenvalue weighted by Gasteiger charge is -2.13. The molecule has 1 aromatic heterocycles. The van der Waals surface area contributed by atoms with E-state index in [0.717, 1.165) is 22.7 Å². The number of thioether (sulfide) groups is 1. The molecule has 0 saturated heterocycles. The summed E-state index contributed by atoms with van der Waals surface area (Å²) in [7, 11) is 0. The summed E-state index contributed by atoms with van der Waals surface area (Å²) in [6.45, 7) is 6.89. The molecule has 2 aromatic carbocycles. The SMILES string of the molecule is C=CCn1c(SC(C)C(=O)NCc2ccc3c(c2)OCO3)nnc1-c1ccccc1. The number of aromatic nitrogens is 3. The number of rotatable bonds is 8. The molecule has 7 nitrogen and oxygen atoms in total. The van der Waals surface area contributed by atoms with Crippen LogP contribution in [0.25, 0.3) is 11.4 Å². The van der Waals surface area contributed by atoms with Crippen LogP contribution >= 0.6 is 11.8 Å². The number of hydrogen-bond acceptors (Lipinski definition) is 6. The van der Waals surface area contributed by atoms with Crippen LogP contribution in [0.4, 0.5) is 0 Å². The van der Waals surface area contributed by atoms with Gasteiger partial charge in [0.1, 0.15) is 0 Å². The predicted molar refractivity (Wildman–Crippen MR) is 115 cm³/mol. The first-order valence-electron chi connectivity index (χ1n) is 9.58. The summed E-state index contributed by atoms with van der Waals surface area (Å²) < 4.78 is 12.7. The molecule has 8 heteroatoms. The highest BCUT2D eigenvalue weighted by molar-refractivity contribution is 8.00. The van der Waals surface area contributed by atoms with Crippen molar-refractivity contribution in [2.45, 2.75) is 30.4 Å². The molecule has 0 aliphatic carbocycles. The van der Waals surface area contributed by atoms with Gasteiger partial charge < -0.3 is 14.8 Å². The fraction of sp³-hybridized carbons (Fsp3) is 0.227. The Morgan fingerprint density at radius 3 is 2.83 bits per heavy atom. The molecule has 1 atom stereocenters. The minimum absolute atomic E-state index is 0.0768. The number of hydrogen-bond donors (Lipinski definition) is 1. The Morgan fingerprint density at radius 2 is 2.03 bits per heavy atom. The molecular weight excluding hydrogens is 400 g/mol. The first kappa shape index (κ1) is 20.0. The van der Waals surface area contributed by atoms with Gasteiger partial charge in [-0.1, -0.05) is 54.2 Å². The van der Waals surface area contributed by atoms with E-state index in [9.17, 15) is 4.79 Å². The lowest BCUT2D eigenvalue weighted by atomic mass is 10.2. The second-order valence-electron chi connectivity index (χ2n) is 6.74. The van der Waals surface area contributed by atoms with Gasteiger partial charge in [0.2, 0.25) is 12.7 Å². The number of benzene rings is 2. The van der Waals surface area contributed by atoms with Crippen molar-refractivity contribution >= 4 is 17.7 Å². The summed E-state index contributed by atoms with van der Waals surface area (Å²) in [5.74, 6) is 2.11. The van der Waals surface area contributed by atoms with E-state index in [2.05, 4.69) is 22.1 Å². The van der Waals surface area contributed by atoms with Crippen molar-refractivity contribution in [2.75, 3.05) is 6.79 Å². The average molecular weight is 423 g/mol. The smallest absolute Gasteiger partial charge is 0.233 e. The van der Waals surface area contributed by atoms with Crippen LogP contribution in [0, 0.1) is 0 Å². The van der Waals surface area contributed by atoms with Crippen LogP contribution in [0.2, 0.25) is 0 Å². The van der Waals surface area contributed by atoms with Crippen molar-refractivity contribution in [3.8, 4) is 22.9 Å². The minimum Gasteiger partial charge on any atom is -0.454 e. The predicted octanol–water partition coefficient (Wildman–Crippen LogP) is 3.66. The Morgan fingerprint density at radius 1 is 1.23 bits per heavy atom. The third-order valence-electron chi connectivity index (χ3n) is 4.62. The minimum atomic E-state index is -0.338. The number of nitrogens with one attached hydrogen (secondary N) is 1. The van der Waals surface area contributed by atoms with E-state index >= 15 is 0 Å². The van der Waals surface area contributed by atoms with Crippen molar-refractivity contribution in [3.05, 3.63) is 66.7 Å². The van der Waals surface area contributed by atoms with Gasteiger partial charge in [-0.3, -0.25) is 9.36 Å². The van der Waals surface area contributed by atoms with Crippen molar-refractivity contribution in [1.82, 2.24) is 20.1 Å². The Labute approximate surface area is 179 Å². The molecule has 0 bridgehead atoms. The number of carbonyl (C=O) groups excluding carboxylic acids is 1. The zero-order chi connectivity index (χ0) is 20.9. The number of carbonyl (C=O) groups is 1. The maximum atomic E-state index is 12.6. The average Bonchev–Trinajstić information content (AvgIpc) is 3.39. The molecule has 4 rings (SSSR count). The van der Waals surface area contributed by atoms with Crippen molar-refractivity contribution in [3.63, 3.8) is 0 Å². The summed E-state index contributed by atoms with van der Waals surface area (Å²) in [6.07, 6.45) is 1.80. The lowest BCUT2D eigenvalue weighted by Crippen LogP contribution is -2.30. The standard InChI is InChI=1S/C22H22N4O3S/c1-3-11-26-20(17-7-5-4-6-8-17)24-25-22(26)30-15(2)21(27)23-13-16-9-10-18-19(12-16)29-14-28-18/h3-10,12,15H,1,11,13-14H2,2H3,(H,23,27). The summed E-state index contributed by atoms with van der Waals surface area (Å²) in [4.78, 5) is 12.6. The third kappa shape index (κ3) is 4.33. The van der Waals surface area contributed by atoms with Gasteiger partial charge in [0, 0.05) is 18.7 Å². The summed E-state index contributed by atoms with van der Waals surface area (Å²) in [5, 5.41) is 11.9. The second-order valence-corrected chi connectivity index (χ2v) is 8.04. The molecule has 0 spiro atoms. The topological polar surface area (TPSA) is 78.3 Å². The highest BCUT2D eigenvalue weighted by atomic mass is 32.2. The van der Waals surface area contributed by atoms with Gasteiger partial charge >= 0.3 is 0 Å². The van der Waals surface area contributed by atoms with Crippen LogP contribution in [-0.2, 0) is 17.9 Å².